The summed E-state index contributed by atoms with van der Waals surface area (Å²) >= 11 is 1.13. The Morgan fingerprint density at radius 2 is 1.79 bits per heavy atom. The lowest BCUT2D eigenvalue weighted by molar-refractivity contribution is -0.120. The summed E-state index contributed by atoms with van der Waals surface area (Å²) in [5.41, 5.74) is 6.89. The summed E-state index contributed by atoms with van der Waals surface area (Å²) in [7, 11) is 0. The number of rotatable bonds is 8. The standard InChI is InChI=1S/C28H23FN6O2S/c1-18-6-10-20(11-7-18)27(37)31-28-34-33-26(38-28)14-25(36)32-30-15-21-17-35(24-5-3-2-4-23(21)24)16-19-8-12-22(29)13-9-19/h2-13,15,17H,14,16H2,1H3,(H,32,36)(H,31,34,37). The van der Waals surface area contributed by atoms with E-state index in [1.165, 1.54) is 12.1 Å². The molecule has 2 amide bonds. The van der Waals surface area contributed by atoms with Gasteiger partial charge >= 0.3 is 0 Å². The van der Waals surface area contributed by atoms with Crippen LogP contribution in [0.15, 0.2) is 84.1 Å². The normalized spacial score (nSPS) is 11.2. The Hall–Kier alpha value is -4.70. The molecule has 0 atom stereocenters. The van der Waals surface area contributed by atoms with Gasteiger partial charge in [0.25, 0.3) is 5.91 Å². The highest BCUT2D eigenvalue weighted by atomic mass is 32.1. The summed E-state index contributed by atoms with van der Waals surface area (Å²) in [6.45, 7) is 2.52. The molecule has 2 aromatic heterocycles. The molecule has 0 spiro atoms. The lowest BCUT2D eigenvalue weighted by atomic mass is 10.1. The van der Waals surface area contributed by atoms with Crippen LogP contribution in [0.5, 0.6) is 0 Å². The van der Waals surface area contributed by atoms with Gasteiger partial charge in [-0.2, -0.15) is 5.10 Å². The lowest BCUT2D eigenvalue weighted by Crippen LogP contribution is -2.19. The Morgan fingerprint density at radius 1 is 1.03 bits per heavy atom. The summed E-state index contributed by atoms with van der Waals surface area (Å²) in [6, 6.07) is 21.4. The van der Waals surface area contributed by atoms with Crippen molar-refractivity contribution in [2.75, 3.05) is 5.32 Å². The predicted octanol–water partition coefficient (Wildman–Crippen LogP) is 4.93. The number of nitrogens with one attached hydrogen (secondary N) is 2. The molecule has 3 aromatic carbocycles. The van der Waals surface area contributed by atoms with Gasteiger partial charge in [-0.25, -0.2) is 9.82 Å². The first-order valence-electron chi connectivity index (χ1n) is 11.8. The number of carbonyl (C=O) groups is 2. The van der Waals surface area contributed by atoms with Crippen molar-refractivity contribution in [3.8, 4) is 0 Å². The number of aromatic nitrogens is 3. The second kappa shape index (κ2) is 11.1. The molecule has 2 N–H and O–H groups in total. The molecular formula is C28H23FN6O2S. The Bertz CT molecular complexity index is 1620. The first-order valence-corrected chi connectivity index (χ1v) is 12.6. The van der Waals surface area contributed by atoms with Gasteiger partial charge in [0.2, 0.25) is 11.0 Å². The van der Waals surface area contributed by atoms with E-state index >= 15 is 0 Å². The van der Waals surface area contributed by atoms with Crippen LogP contribution in [0.3, 0.4) is 0 Å². The number of fused-ring (bicyclic) bond motifs is 1. The molecule has 5 rings (SSSR count). The van der Waals surface area contributed by atoms with Gasteiger partial charge in [-0.3, -0.25) is 14.9 Å². The van der Waals surface area contributed by atoms with E-state index in [4.69, 9.17) is 0 Å². The van der Waals surface area contributed by atoms with E-state index in [0.29, 0.717) is 22.2 Å². The zero-order chi connectivity index (χ0) is 26.5. The summed E-state index contributed by atoms with van der Waals surface area (Å²) < 4.78 is 15.3. The van der Waals surface area contributed by atoms with Crippen LogP contribution >= 0.6 is 11.3 Å². The SMILES string of the molecule is Cc1ccc(C(=O)Nc2nnc(CC(=O)NN=Cc3cn(Cc4ccc(F)cc4)c4ccccc34)s2)cc1. The average Bonchev–Trinajstić information content (AvgIpc) is 3.50. The molecule has 0 aliphatic heterocycles. The van der Waals surface area contributed by atoms with E-state index in [-0.39, 0.29) is 24.1 Å². The van der Waals surface area contributed by atoms with Gasteiger partial charge in [-0.05, 0) is 42.8 Å². The highest BCUT2D eigenvalue weighted by Gasteiger charge is 2.13. The second-order valence-corrected chi connectivity index (χ2v) is 9.71. The van der Waals surface area contributed by atoms with E-state index in [1.807, 2.05) is 49.5 Å². The lowest BCUT2D eigenvalue weighted by Gasteiger charge is -2.05. The second-order valence-electron chi connectivity index (χ2n) is 8.65. The van der Waals surface area contributed by atoms with Gasteiger partial charge in [0.05, 0.1) is 12.6 Å². The molecule has 5 aromatic rings. The van der Waals surface area contributed by atoms with Crippen molar-refractivity contribution >= 4 is 45.4 Å². The number of hydrazone groups is 1. The monoisotopic (exact) mass is 526 g/mol. The van der Waals surface area contributed by atoms with E-state index in [2.05, 4.69) is 30.6 Å². The van der Waals surface area contributed by atoms with Crippen molar-refractivity contribution in [3.05, 3.63) is 112 Å². The Kier molecular flexibility index (Phi) is 7.32. The van der Waals surface area contributed by atoms with Gasteiger partial charge < -0.3 is 4.57 Å². The number of anilines is 1. The molecule has 38 heavy (non-hydrogen) atoms. The van der Waals surface area contributed by atoms with Crippen LogP contribution in [0.2, 0.25) is 0 Å². The minimum atomic E-state index is -0.358. The molecular weight excluding hydrogens is 503 g/mol. The molecule has 0 saturated carbocycles. The fraction of sp³-hybridized carbons (Fsp3) is 0.107. The number of hydrogen-bond donors (Lipinski definition) is 2. The van der Waals surface area contributed by atoms with Crippen molar-refractivity contribution in [2.24, 2.45) is 5.10 Å². The van der Waals surface area contributed by atoms with Gasteiger partial charge in [0.1, 0.15) is 10.8 Å². The molecule has 0 saturated heterocycles. The summed E-state index contributed by atoms with van der Waals surface area (Å²) in [5, 5.41) is 16.5. The Morgan fingerprint density at radius 3 is 2.58 bits per heavy atom. The Labute approximate surface area is 221 Å². The maximum atomic E-state index is 13.3. The van der Waals surface area contributed by atoms with Crippen molar-refractivity contribution < 1.29 is 14.0 Å². The number of hydrogen-bond acceptors (Lipinski definition) is 6. The third-order valence-electron chi connectivity index (χ3n) is 5.79. The van der Waals surface area contributed by atoms with Crippen molar-refractivity contribution in [3.63, 3.8) is 0 Å². The minimum absolute atomic E-state index is 0.0261. The van der Waals surface area contributed by atoms with Crippen molar-refractivity contribution in [1.82, 2.24) is 20.2 Å². The van der Waals surface area contributed by atoms with Gasteiger partial charge in [0.15, 0.2) is 0 Å². The van der Waals surface area contributed by atoms with Crippen LogP contribution in [-0.4, -0.2) is 32.8 Å². The highest BCUT2D eigenvalue weighted by Crippen LogP contribution is 2.21. The zero-order valence-corrected chi connectivity index (χ0v) is 21.2. The average molecular weight is 527 g/mol. The van der Waals surface area contributed by atoms with Crippen LogP contribution in [0.1, 0.15) is 32.1 Å². The van der Waals surface area contributed by atoms with Crippen LogP contribution in [-0.2, 0) is 17.8 Å². The minimum Gasteiger partial charge on any atom is -0.342 e. The largest absolute Gasteiger partial charge is 0.342 e. The quantitative estimate of drug-likeness (QED) is 0.221. The summed E-state index contributed by atoms with van der Waals surface area (Å²) in [5.74, 6) is -0.921. The van der Waals surface area contributed by atoms with Gasteiger partial charge in [-0.1, -0.05) is 59.4 Å². The molecule has 8 nitrogen and oxygen atoms in total. The van der Waals surface area contributed by atoms with Gasteiger partial charge in [0, 0.05) is 34.8 Å². The number of benzene rings is 3. The molecule has 0 fully saturated rings. The fourth-order valence-electron chi connectivity index (χ4n) is 3.90. The first kappa shape index (κ1) is 25.0. The van der Waals surface area contributed by atoms with E-state index in [9.17, 15) is 14.0 Å². The fourth-order valence-corrected chi connectivity index (χ4v) is 4.63. The first-order chi connectivity index (χ1) is 18.4. The third-order valence-corrected chi connectivity index (χ3v) is 6.63. The smallest absolute Gasteiger partial charge is 0.257 e. The maximum Gasteiger partial charge on any atom is 0.257 e. The number of nitrogens with zero attached hydrogens (tertiary/aromatic N) is 4. The number of para-hydroxylation sites is 1. The molecule has 0 radical (unpaired) electrons. The van der Waals surface area contributed by atoms with E-state index in [0.717, 1.165) is 38.9 Å². The number of carbonyl (C=O) groups excluding carboxylic acids is 2. The predicted molar refractivity (Wildman–Crippen MR) is 146 cm³/mol. The van der Waals surface area contributed by atoms with E-state index in [1.54, 1.807) is 30.5 Å². The van der Waals surface area contributed by atoms with Crippen molar-refractivity contribution in [1.29, 1.82) is 0 Å². The van der Waals surface area contributed by atoms with Crippen LogP contribution in [0.4, 0.5) is 9.52 Å². The van der Waals surface area contributed by atoms with Crippen LogP contribution < -0.4 is 10.7 Å². The number of halogens is 1. The highest BCUT2D eigenvalue weighted by molar-refractivity contribution is 7.15. The third kappa shape index (κ3) is 5.98. The summed E-state index contributed by atoms with van der Waals surface area (Å²) in [4.78, 5) is 24.8. The van der Waals surface area contributed by atoms with Crippen molar-refractivity contribution in [2.45, 2.75) is 19.9 Å². The van der Waals surface area contributed by atoms with E-state index < -0.39 is 0 Å². The molecule has 0 aliphatic carbocycles. The molecule has 190 valence electrons. The van der Waals surface area contributed by atoms with Crippen LogP contribution in [0, 0.1) is 12.7 Å². The van der Waals surface area contributed by atoms with Gasteiger partial charge in [-0.15, -0.1) is 10.2 Å². The molecule has 0 unspecified atom stereocenters. The molecule has 0 bridgehead atoms. The molecule has 10 heteroatoms. The Balaban J connectivity index is 1.20. The topological polar surface area (TPSA) is 101 Å². The number of amides is 2. The number of aryl methyl sites for hydroxylation is 1. The molecule has 0 aliphatic rings. The van der Waals surface area contributed by atoms with Crippen LogP contribution in [0.25, 0.3) is 10.9 Å². The zero-order valence-electron chi connectivity index (χ0n) is 20.4. The molecule has 2 heterocycles. The summed E-state index contributed by atoms with van der Waals surface area (Å²) in [6.07, 6.45) is 3.51. The maximum absolute atomic E-state index is 13.3.